The minimum Gasteiger partial charge on any atom is -0.309 e. The largest absolute Gasteiger partial charge is 0.309 e. The van der Waals surface area contributed by atoms with Crippen molar-refractivity contribution < 1.29 is 0 Å². The summed E-state index contributed by atoms with van der Waals surface area (Å²) in [6.07, 6.45) is 7.17. The molecule has 98 valence electrons. The van der Waals surface area contributed by atoms with Crippen molar-refractivity contribution in [2.75, 3.05) is 0 Å². The van der Waals surface area contributed by atoms with Gasteiger partial charge in [0.25, 0.3) is 0 Å². The van der Waals surface area contributed by atoms with Gasteiger partial charge in [-0.15, -0.1) is 5.92 Å². The van der Waals surface area contributed by atoms with Crippen LogP contribution in [-0.4, -0.2) is 6.15 Å². The Bertz CT molecular complexity index is 366. The van der Waals surface area contributed by atoms with Gasteiger partial charge in [-0.2, -0.15) is 19.0 Å². The van der Waals surface area contributed by atoms with E-state index in [0.717, 1.165) is 5.56 Å². The molecule has 0 N–H and O–H groups in total. The van der Waals surface area contributed by atoms with Gasteiger partial charge in [-0.3, -0.25) is 0 Å². The molecule has 0 atom stereocenters. The molecule has 1 rings (SSSR count). The Labute approximate surface area is 113 Å². The Kier molecular flexibility index (Phi) is 6.65. The minimum absolute atomic E-state index is 0.468. The highest BCUT2D eigenvalue weighted by molar-refractivity contribution is 6.87. The Balaban J connectivity index is 2.92. The normalized spacial score (nSPS) is 10.8. The van der Waals surface area contributed by atoms with Crippen molar-refractivity contribution >= 4 is 6.15 Å². The van der Waals surface area contributed by atoms with Crippen LogP contribution in [0.3, 0.4) is 0 Å². The van der Waals surface area contributed by atoms with E-state index in [2.05, 4.69) is 56.8 Å². The second-order valence-electron chi connectivity index (χ2n) is 5.48. The van der Waals surface area contributed by atoms with Gasteiger partial charge < -0.3 is 5.82 Å². The van der Waals surface area contributed by atoms with Crippen LogP contribution in [0.1, 0.15) is 45.6 Å². The van der Waals surface area contributed by atoms with E-state index in [0.29, 0.717) is 0 Å². The fourth-order valence-corrected chi connectivity index (χ4v) is 3.07. The van der Waals surface area contributed by atoms with Crippen molar-refractivity contribution in [3.63, 3.8) is 0 Å². The molecule has 0 spiro atoms. The molecule has 18 heavy (non-hydrogen) atoms. The van der Waals surface area contributed by atoms with E-state index >= 15 is 0 Å². The monoisotopic (exact) mass is 241 g/mol. The van der Waals surface area contributed by atoms with Gasteiger partial charge in [0.1, 0.15) is 0 Å². The summed E-state index contributed by atoms with van der Waals surface area (Å²) in [6, 6.07) is 10.4. The zero-order valence-electron chi connectivity index (χ0n) is 12.2. The average molecular weight is 241 g/mol. The molecule has 1 heteroatoms. The van der Waals surface area contributed by atoms with Crippen molar-refractivity contribution in [1.82, 2.24) is 0 Å². The lowest BCUT2D eigenvalue weighted by atomic mass is 9.20. The molecule has 1 aromatic carbocycles. The molecule has 0 radical (unpaired) electrons. The van der Waals surface area contributed by atoms with Crippen molar-refractivity contribution in [2.45, 2.75) is 59.0 Å². The van der Waals surface area contributed by atoms with Crippen LogP contribution in [0.2, 0.25) is 19.0 Å². The van der Waals surface area contributed by atoms with E-state index in [1.165, 1.54) is 38.2 Å². The highest BCUT2D eigenvalue weighted by Gasteiger charge is 2.19. The van der Waals surface area contributed by atoms with Crippen LogP contribution in [0.4, 0.5) is 0 Å². The molecule has 1 aromatic rings. The molecule has 0 fully saturated rings. The third-order valence-electron chi connectivity index (χ3n) is 3.82. The van der Waals surface area contributed by atoms with Gasteiger partial charge in [0.15, 0.2) is 0 Å². The Morgan fingerprint density at radius 3 is 1.78 bits per heavy atom. The van der Waals surface area contributed by atoms with Crippen molar-refractivity contribution in [2.24, 2.45) is 0 Å². The number of hydrogen-bond donors (Lipinski definition) is 0. The van der Waals surface area contributed by atoms with Gasteiger partial charge in [-0.25, -0.2) is 0 Å². The average Bonchev–Trinajstić information content (AvgIpc) is 2.39. The predicted octanol–water partition coefficient (Wildman–Crippen LogP) is 5.26. The molecule has 0 saturated heterocycles. The van der Waals surface area contributed by atoms with E-state index in [1.807, 2.05) is 6.07 Å². The molecule has 0 aromatic heterocycles. The quantitative estimate of drug-likeness (QED) is 0.471. The van der Waals surface area contributed by atoms with Crippen LogP contribution >= 0.6 is 0 Å². The Morgan fingerprint density at radius 1 is 0.833 bits per heavy atom. The Morgan fingerprint density at radius 2 is 1.33 bits per heavy atom. The molecular formula is C17H26B-. The molecule has 0 amide bonds. The van der Waals surface area contributed by atoms with Crippen molar-refractivity contribution in [1.29, 1.82) is 0 Å². The molecule has 0 aliphatic heterocycles. The van der Waals surface area contributed by atoms with Crippen molar-refractivity contribution in [3.05, 3.63) is 35.9 Å². The molecule has 0 nitrogen and oxygen atoms in total. The van der Waals surface area contributed by atoms with E-state index in [9.17, 15) is 0 Å². The van der Waals surface area contributed by atoms with Crippen LogP contribution in [-0.2, 0) is 0 Å². The highest BCUT2D eigenvalue weighted by atomic mass is 13.9. The second-order valence-corrected chi connectivity index (χ2v) is 5.48. The van der Waals surface area contributed by atoms with Gasteiger partial charge in [0.05, 0.1) is 6.15 Å². The van der Waals surface area contributed by atoms with E-state index in [4.69, 9.17) is 0 Å². The van der Waals surface area contributed by atoms with Gasteiger partial charge in [-0.1, -0.05) is 58.2 Å². The number of rotatable bonds is 6. The minimum atomic E-state index is -0.468. The smallest absolute Gasteiger partial charge is 0.0713 e. The summed E-state index contributed by atoms with van der Waals surface area (Å²) in [7, 11) is 0. The number of benzene rings is 1. The third kappa shape index (κ3) is 4.61. The zero-order valence-corrected chi connectivity index (χ0v) is 12.2. The fourth-order valence-electron chi connectivity index (χ4n) is 3.07. The lowest BCUT2D eigenvalue weighted by molar-refractivity contribution is 0.940. The van der Waals surface area contributed by atoms with Crippen LogP contribution in [0.25, 0.3) is 0 Å². The van der Waals surface area contributed by atoms with Crippen LogP contribution in [0, 0.1) is 11.7 Å². The maximum absolute atomic E-state index is 3.66. The van der Waals surface area contributed by atoms with Crippen molar-refractivity contribution in [3.8, 4) is 11.7 Å². The van der Waals surface area contributed by atoms with E-state index in [1.54, 1.807) is 0 Å². The summed E-state index contributed by atoms with van der Waals surface area (Å²) in [5.74, 6) is 7.08. The summed E-state index contributed by atoms with van der Waals surface area (Å²) in [4.78, 5) is 0. The summed E-state index contributed by atoms with van der Waals surface area (Å²) in [5, 5.41) is 0. The van der Waals surface area contributed by atoms with Crippen LogP contribution < -0.4 is 0 Å². The molecule has 0 bridgehead atoms. The standard InChI is InChI=1S/C17H26B/c1-4-13-18(14-5-2,15-6-3)16-12-17-10-8-7-9-11-17/h7-11H,4-6,13-15H2,1-3H3/q-1. The summed E-state index contributed by atoms with van der Waals surface area (Å²) >= 11 is 0. The number of hydrogen-bond acceptors (Lipinski definition) is 0. The first-order valence-corrected chi connectivity index (χ1v) is 7.55. The first-order valence-electron chi connectivity index (χ1n) is 7.55. The third-order valence-corrected chi connectivity index (χ3v) is 3.82. The maximum atomic E-state index is 3.66. The van der Waals surface area contributed by atoms with Gasteiger partial charge >= 0.3 is 0 Å². The SMILES string of the molecule is CCC[B-](C#Cc1ccccc1)(CCC)CCC. The topological polar surface area (TPSA) is 0 Å². The highest BCUT2D eigenvalue weighted by Crippen LogP contribution is 2.25. The zero-order chi connectivity index (χ0) is 13.3. The molecule has 0 aliphatic rings. The fraction of sp³-hybridized carbons (Fsp3) is 0.529. The maximum Gasteiger partial charge on any atom is 0.0713 e. The predicted molar refractivity (Wildman–Crippen MR) is 84.4 cm³/mol. The molecule has 0 aliphatic carbocycles. The lowest BCUT2D eigenvalue weighted by Crippen LogP contribution is -2.32. The molecular weight excluding hydrogens is 215 g/mol. The van der Waals surface area contributed by atoms with E-state index in [-0.39, 0.29) is 0 Å². The lowest BCUT2D eigenvalue weighted by Gasteiger charge is -2.33. The van der Waals surface area contributed by atoms with E-state index < -0.39 is 6.15 Å². The van der Waals surface area contributed by atoms with Gasteiger partial charge in [-0.05, 0) is 12.1 Å². The summed E-state index contributed by atoms with van der Waals surface area (Å²) in [6.45, 7) is 6.85. The molecule has 0 saturated carbocycles. The summed E-state index contributed by atoms with van der Waals surface area (Å²) < 4.78 is 0. The molecule has 0 heterocycles. The van der Waals surface area contributed by atoms with Crippen LogP contribution in [0.5, 0.6) is 0 Å². The first kappa shape index (κ1) is 14.9. The molecule has 0 unspecified atom stereocenters. The van der Waals surface area contributed by atoms with Crippen LogP contribution in [0.15, 0.2) is 30.3 Å². The Hall–Kier alpha value is -1.16. The van der Waals surface area contributed by atoms with Gasteiger partial charge in [0, 0.05) is 5.56 Å². The summed E-state index contributed by atoms with van der Waals surface area (Å²) in [5.41, 5.74) is 1.16. The first-order chi connectivity index (χ1) is 8.76. The van der Waals surface area contributed by atoms with Gasteiger partial charge in [0.2, 0.25) is 0 Å². The second kappa shape index (κ2) is 8.04.